The molecule has 0 unspecified atom stereocenters. The molecule has 1 aromatic heterocycles. The lowest BCUT2D eigenvalue weighted by atomic mass is 9.75. The van der Waals surface area contributed by atoms with Gasteiger partial charge in [-0.2, -0.15) is 18.4 Å². The Kier molecular flexibility index (Phi) is 7.26. The van der Waals surface area contributed by atoms with E-state index in [1.165, 1.54) is 23.1 Å². The van der Waals surface area contributed by atoms with Crippen LogP contribution in [0.15, 0.2) is 30.5 Å². The maximum Gasteiger partial charge on any atom is 0.419 e. The minimum absolute atomic E-state index is 0.137. The SMILES string of the molecule is CN1CCC[C@@H](CNC(=O)c2ccc(N3C(=S)N(c4cnc(C#N)c(C(F)(F)F)c4)C(=O)C34CCC4)cc2F)C1. The van der Waals surface area contributed by atoms with Gasteiger partial charge >= 0.3 is 6.18 Å². The number of aromatic nitrogens is 1. The Balaban J connectivity index is 1.41. The molecule has 8 nitrogen and oxygen atoms in total. The maximum absolute atomic E-state index is 15.3. The topological polar surface area (TPSA) is 92.6 Å². The number of amides is 2. The molecule has 2 aliphatic heterocycles. The average molecular weight is 575 g/mol. The van der Waals surface area contributed by atoms with Crippen LogP contribution in [0.5, 0.6) is 0 Å². The first-order valence-electron chi connectivity index (χ1n) is 12.9. The van der Waals surface area contributed by atoms with E-state index < -0.39 is 40.6 Å². The Morgan fingerprint density at radius 2 is 2.00 bits per heavy atom. The van der Waals surface area contributed by atoms with Gasteiger partial charge in [0, 0.05) is 18.8 Å². The van der Waals surface area contributed by atoms with Crippen LogP contribution in [-0.4, -0.2) is 59.0 Å². The van der Waals surface area contributed by atoms with Gasteiger partial charge in [0.25, 0.3) is 11.8 Å². The number of alkyl halides is 3. The number of anilines is 2. The summed E-state index contributed by atoms with van der Waals surface area (Å²) in [6, 6.07) is 6.00. The summed E-state index contributed by atoms with van der Waals surface area (Å²) in [6.45, 7) is 2.27. The molecule has 3 aliphatic rings. The summed E-state index contributed by atoms with van der Waals surface area (Å²) in [4.78, 5) is 34.5. The van der Waals surface area contributed by atoms with Crippen molar-refractivity contribution >= 4 is 40.5 Å². The molecule has 1 aromatic carbocycles. The normalized spacial score (nSPS) is 20.9. The average Bonchev–Trinajstić information content (AvgIpc) is 3.13. The fourth-order valence-corrected chi connectivity index (χ4v) is 6.16. The van der Waals surface area contributed by atoms with Crippen molar-refractivity contribution in [2.45, 2.75) is 43.8 Å². The lowest BCUT2D eigenvalue weighted by Crippen LogP contribution is -2.55. The second-order valence-electron chi connectivity index (χ2n) is 10.5. The van der Waals surface area contributed by atoms with E-state index in [1.807, 2.05) is 7.05 Å². The van der Waals surface area contributed by atoms with Crippen LogP contribution in [0.1, 0.15) is 53.7 Å². The molecule has 3 heterocycles. The molecule has 2 saturated heterocycles. The fraction of sp³-hybridized carbons (Fsp3) is 0.444. The molecule has 1 N–H and O–H groups in total. The van der Waals surface area contributed by atoms with Crippen LogP contribution in [0.2, 0.25) is 0 Å². The number of hydrogen-bond donors (Lipinski definition) is 1. The van der Waals surface area contributed by atoms with Crippen molar-refractivity contribution in [1.29, 1.82) is 5.26 Å². The van der Waals surface area contributed by atoms with Crippen molar-refractivity contribution in [3.63, 3.8) is 0 Å². The van der Waals surface area contributed by atoms with Crippen LogP contribution in [0, 0.1) is 23.1 Å². The summed E-state index contributed by atoms with van der Waals surface area (Å²) in [7, 11) is 2.02. The standard InChI is InChI=1S/C27H26F4N6O2S/c1-35-9-2-4-16(15-35)13-34-23(38)19-6-5-17(11-21(19)28)37-25(40)36(24(39)26(37)7-3-8-26)18-10-20(27(29,30)31)22(12-32)33-14-18/h5-6,10-11,14,16H,2-4,7-9,13,15H2,1H3,(H,34,38)/t16-/m0/s1. The van der Waals surface area contributed by atoms with Crippen LogP contribution in [0.25, 0.3) is 0 Å². The summed E-state index contributed by atoms with van der Waals surface area (Å²) in [5.41, 5.74) is -3.48. The molecule has 1 spiro atoms. The van der Waals surface area contributed by atoms with E-state index >= 15 is 4.39 Å². The number of hydrogen-bond acceptors (Lipinski definition) is 6. The van der Waals surface area contributed by atoms with Gasteiger partial charge in [-0.3, -0.25) is 14.5 Å². The van der Waals surface area contributed by atoms with Crippen LogP contribution in [0.3, 0.4) is 0 Å². The lowest BCUT2D eigenvalue weighted by molar-refractivity contribution is -0.138. The zero-order chi connectivity index (χ0) is 28.8. The van der Waals surface area contributed by atoms with Crippen molar-refractivity contribution in [2.24, 2.45) is 5.92 Å². The first-order chi connectivity index (χ1) is 19.0. The van der Waals surface area contributed by atoms with Crippen LogP contribution < -0.4 is 15.1 Å². The highest BCUT2D eigenvalue weighted by atomic mass is 32.1. The molecule has 40 heavy (non-hydrogen) atoms. The highest BCUT2D eigenvalue weighted by Crippen LogP contribution is 2.48. The highest BCUT2D eigenvalue weighted by molar-refractivity contribution is 7.81. The second kappa shape index (κ2) is 10.4. The van der Waals surface area contributed by atoms with E-state index in [0.717, 1.165) is 43.1 Å². The van der Waals surface area contributed by atoms with E-state index in [2.05, 4.69) is 15.2 Å². The third-order valence-electron chi connectivity index (χ3n) is 7.86. The molecular weight excluding hydrogens is 548 g/mol. The summed E-state index contributed by atoms with van der Waals surface area (Å²) in [5, 5.41) is 11.7. The fourth-order valence-electron chi connectivity index (χ4n) is 5.69. The number of thiocarbonyl (C=S) groups is 1. The first-order valence-corrected chi connectivity index (χ1v) is 13.3. The zero-order valence-corrected chi connectivity index (χ0v) is 22.4. The predicted octanol–water partition coefficient (Wildman–Crippen LogP) is 4.24. The molecule has 13 heteroatoms. The third-order valence-corrected chi connectivity index (χ3v) is 8.23. The molecule has 1 atom stereocenters. The van der Waals surface area contributed by atoms with Gasteiger partial charge in [-0.05, 0) is 88.1 Å². The number of benzene rings is 1. The number of halogens is 4. The number of nitrogens with zero attached hydrogens (tertiary/aromatic N) is 5. The molecular formula is C27H26F4N6O2S. The van der Waals surface area contributed by atoms with E-state index in [0.29, 0.717) is 31.9 Å². The molecule has 1 saturated carbocycles. The number of rotatable bonds is 5. The Hall–Kier alpha value is -3.63. The Labute approximate surface area is 233 Å². The van der Waals surface area contributed by atoms with Crippen molar-refractivity contribution in [1.82, 2.24) is 15.2 Å². The van der Waals surface area contributed by atoms with Crippen molar-refractivity contribution < 1.29 is 27.2 Å². The summed E-state index contributed by atoms with van der Waals surface area (Å²) < 4.78 is 56.0. The molecule has 3 fully saturated rings. The quantitative estimate of drug-likeness (QED) is 0.422. The highest BCUT2D eigenvalue weighted by Gasteiger charge is 2.60. The molecule has 5 rings (SSSR count). The number of pyridine rings is 1. The summed E-state index contributed by atoms with van der Waals surface area (Å²) >= 11 is 5.55. The van der Waals surface area contributed by atoms with Crippen LogP contribution >= 0.6 is 12.2 Å². The van der Waals surface area contributed by atoms with Crippen molar-refractivity contribution in [3.8, 4) is 6.07 Å². The molecule has 2 amide bonds. The molecule has 0 radical (unpaired) electrons. The van der Waals surface area contributed by atoms with Gasteiger partial charge in [0.05, 0.1) is 23.0 Å². The van der Waals surface area contributed by atoms with E-state index in [-0.39, 0.29) is 28.0 Å². The van der Waals surface area contributed by atoms with E-state index in [1.54, 1.807) is 0 Å². The number of nitriles is 1. The molecule has 0 bridgehead atoms. The number of carbonyl (C=O) groups is 2. The largest absolute Gasteiger partial charge is 0.419 e. The smallest absolute Gasteiger partial charge is 0.352 e. The van der Waals surface area contributed by atoms with Gasteiger partial charge in [-0.1, -0.05) is 0 Å². The van der Waals surface area contributed by atoms with E-state index in [4.69, 9.17) is 17.5 Å². The number of piperidine rings is 1. The minimum Gasteiger partial charge on any atom is -0.352 e. The lowest BCUT2D eigenvalue weighted by Gasteiger charge is -2.43. The van der Waals surface area contributed by atoms with E-state index in [9.17, 15) is 22.8 Å². The maximum atomic E-state index is 15.3. The molecule has 2 aromatic rings. The van der Waals surface area contributed by atoms with Crippen molar-refractivity contribution in [3.05, 3.63) is 53.1 Å². The summed E-state index contributed by atoms with van der Waals surface area (Å²) in [5.74, 6) is -1.64. The third kappa shape index (κ3) is 4.79. The van der Waals surface area contributed by atoms with Gasteiger partial charge in [-0.25, -0.2) is 9.37 Å². The Bertz CT molecular complexity index is 1420. The van der Waals surface area contributed by atoms with Crippen molar-refractivity contribution in [2.75, 3.05) is 36.5 Å². The number of nitrogens with one attached hydrogen (secondary N) is 1. The molecule has 210 valence electrons. The minimum atomic E-state index is -4.88. The summed E-state index contributed by atoms with van der Waals surface area (Å²) in [6.07, 6.45) is -0.494. The van der Waals surface area contributed by atoms with Gasteiger partial charge < -0.3 is 15.1 Å². The number of carbonyl (C=O) groups excluding carboxylic acids is 2. The number of likely N-dealkylation sites (tertiary alicyclic amines) is 1. The zero-order valence-electron chi connectivity index (χ0n) is 21.6. The van der Waals surface area contributed by atoms with Gasteiger partial charge in [0.15, 0.2) is 10.8 Å². The van der Waals surface area contributed by atoms with Gasteiger partial charge in [0.2, 0.25) is 0 Å². The van der Waals surface area contributed by atoms with Crippen LogP contribution in [-0.2, 0) is 11.0 Å². The Morgan fingerprint density at radius 1 is 1.25 bits per heavy atom. The Morgan fingerprint density at radius 3 is 2.60 bits per heavy atom. The van der Waals surface area contributed by atoms with Crippen LogP contribution in [0.4, 0.5) is 28.9 Å². The monoisotopic (exact) mass is 574 g/mol. The first kappa shape index (κ1) is 27.9. The van der Waals surface area contributed by atoms with Gasteiger partial charge in [-0.15, -0.1) is 0 Å². The molecule has 1 aliphatic carbocycles. The predicted molar refractivity (Wildman–Crippen MR) is 142 cm³/mol. The second-order valence-corrected chi connectivity index (χ2v) is 10.9. The van der Waals surface area contributed by atoms with Gasteiger partial charge in [0.1, 0.15) is 17.4 Å².